The quantitative estimate of drug-likeness (QED) is 0.556. The Kier molecular flexibility index (Phi) is 7.52. The Morgan fingerprint density at radius 3 is 1.88 bits per heavy atom. The molecule has 1 atom stereocenters. The van der Waals surface area contributed by atoms with Gasteiger partial charge in [0.15, 0.2) is 0 Å². The van der Waals surface area contributed by atoms with Gasteiger partial charge in [0.25, 0.3) is 0 Å². The van der Waals surface area contributed by atoms with Gasteiger partial charge in [0, 0.05) is 12.1 Å². The lowest BCUT2D eigenvalue weighted by Gasteiger charge is -2.31. The van der Waals surface area contributed by atoms with Crippen LogP contribution in [0, 0.1) is 11.8 Å². The SMILES string of the molecule is CCCC(NC(C(C)C)C(C)C)c1ccc(Oc2ccccc2)cc1. The molecule has 2 aromatic carbocycles. The minimum atomic E-state index is 0.394. The molecule has 0 amide bonds. The molecule has 0 bridgehead atoms. The van der Waals surface area contributed by atoms with E-state index in [0.717, 1.165) is 17.9 Å². The molecule has 0 spiro atoms. The van der Waals surface area contributed by atoms with Crippen LogP contribution in [0.2, 0.25) is 0 Å². The zero-order valence-corrected chi connectivity index (χ0v) is 16.3. The van der Waals surface area contributed by atoms with Gasteiger partial charge < -0.3 is 10.1 Å². The molecule has 0 radical (unpaired) electrons. The molecule has 0 aromatic heterocycles. The summed E-state index contributed by atoms with van der Waals surface area (Å²) in [7, 11) is 0. The van der Waals surface area contributed by atoms with Gasteiger partial charge in [0.1, 0.15) is 11.5 Å². The van der Waals surface area contributed by atoms with Crippen LogP contribution in [0.5, 0.6) is 11.5 Å². The maximum Gasteiger partial charge on any atom is 0.127 e. The Hall–Kier alpha value is -1.80. The van der Waals surface area contributed by atoms with Crippen LogP contribution in [-0.2, 0) is 0 Å². The number of rotatable bonds is 9. The fourth-order valence-corrected chi connectivity index (χ4v) is 3.41. The molecule has 0 saturated heterocycles. The van der Waals surface area contributed by atoms with E-state index in [0.29, 0.717) is 23.9 Å². The summed E-state index contributed by atoms with van der Waals surface area (Å²) in [5.41, 5.74) is 1.34. The predicted octanol–water partition coefficient (Wildman–Crippen LogP) is 6.59. The van der Waals surface area contributed by atoms with Gasteiger partial charge in [-0.3, -0.25) is 0 Å². The monoisotopic (exact) mass is 339 g/mol. The highest BCUT2D eigenvalue weighted by atomic mass is 16.5. The Morgan fingerprint density at radius 1 is 0.800 bits per heavy atom. The molecule has 136 valence electrons. The van der Waals surface area contributed by atoms with Gasteiger partial charge in [0.05, 0.1) is 0 Å². The number of para-hydroxylation sites is 1. The second-order valence-corrected chi connectivity index (χ2v) is 7.51. The summed E-state index contributed by atoms with van der Waals surface area (Å²) in [6.45, 7) is 11.5. The number of ether oxygens (including phenoxy) is 1. The van der Waals surface area contributed by atoms with E-state index in [-0.39, 0.29) is 0 Å². The fourth-order valence-electron chi connectivity index (χ4n) is 3.41. The van der Waals surface area contributed by atoms with E-state index in [4.69, 9.17) is 4.74 Å². The van der Waals surface area contributed by atoms with E-state index < -0.39 is 0 Å². The molecule has 2 aromatic rings. The average Bonchev–Trinajstić information content (AvgIpc) is 2.59. The first-order valence-corrected chi connectivity index (χ1v) is 9.60. The Labute approximate surface area is 153 Å². The molecule has 0 saturated carbocycles. The van der Waals surface area contributed by atoms with Crippen LogP contribution in [0.25, 0.3) is 0 Å². The third-order valence-electron chi connectivity index (χ3n) is 4.67. The van der Waals surface area contributed by atoms with Crippen molar-refractivity contribution < 1.29 is 4.74 Å². The van der Waals surface area contributed by atoms with Crippen LogP contribution in [0.3, 0.4) is 0 Å². The van der Waals surface area contributed by atoms with Crippen molar-refractivity contribution in [3.05, 3.63) is 60.2 Å². The van der Waals surface area contributed by atoms with Crippen molar-refractivity contribution in [1.82, 2.24) is 5.32 Å². The first kappa shape index (κ1) is 19.5. The Bertz CT molecular complexity index is 596. The summed E-state index contributed by atoms with van der Waals surface area (Å²) in [5.74, 6) is 3.01. The summed E-state index contributed by atoms with van der Waals surface area (Å²) < 4.78 is 5.91. The molecule has 2 rings (SSSR count). The molecule has 0 aliphatic heterocycles. The van der Waals surface area contributed by atoms with E-state index >= 15 is 0 Å². The minimum Gasteiger partial charge on any atom is -0.457 e. The van der Waals surface area contributed by atoms with Crippen molar-refractivity contribution >= 4 is 0 Å². The number of hydrogen-bond acceptors (Lipinski definition) is 2. The first-order chi connectivity index (χ1) is 12.0. The zero-order valence-electron chi connectivity index (χ0n) is 16.3. The largest absolute Gasteiger partial charge is 0.457 e. The van der Waals surface area contributed by atoms with Gasteiger partial charge >= 0.3 is 0 Å². The molecule has 0 aliphatic rings. The van der Waals surface area contributed by atoms with Gasteiger partial charge in [0.2, 0.25) is 0 Å². The van der Waals surface area contributed by atoms with Crippen molar-refractivity contribution in [2.75, 3.05) is 0 Å². The summed E-state index contributed by atoms with van der Waals surface area (Å²) in [6, 6.07) is 19.4. The number of benzene rings is 2. The zero-order chi connectivity index (χ0) is 18.2. The summed E-state index contributed by atoms with van der Waals surface area (Å²) in [4.78, 5) is 0. The molecule has 2 heteroatoms. The topological polar surface area (TPSA) is 21.3 Å². The lowest BCUT2D eigenvalue weighted by molar-refractivity contribution is 0.277. The van der Waals surface area contributed by atoms with Crippen LogP contribution < -0.4 is 10.1 Å². The van der Waals surface area contributed by atoms with Crippen molar-refractivity contribution in [2.45, 2.75) is 59.5 Å². The van der Waals surface area contributed by atoms with Crippen molar-refractivity contribution in [3.8, 4) is 11.5 Å². The normalized spacial score (nSPS) is 12.8. The molecular formula is C23H33NO. The van der Waals surface area contributed by atoms with Gasteiger partial charge in [-0.15, -0.1) is 0 Å². The molecule has 2 nitrogen and oxygen atoms in total. The predicted molar refractivity (Wildman–Crippen MR) is 107 cm³/mol. The Morgan fingerprint density at radius 2 is 1.36 bits per heavy atom. The maximum atomic E-state index is 5.91. The minimum absolute atomic E-state index is 0.394. The number of nitrogens with one attached hydrogen (secondary N) is 1. The lowest BCUT2D eigenvalue weighted by Crippen LogP contribution is -2.40. The highest BCUT2D eigenvalue weighted by Gasteiger charge is 2.21. The molecule has 25 heavy (non-hydrogen) atoms. The standard InChI is InChI=1S/C23H33NO/c1-6-10-22(24-23(17(2)3)18(4)5)19-13-15-21(16-14-19)25-20-11-8-7-9-12-20/h7-9,11-18,22-24H,6,10H2,1-5H3. The highest BCUT2D eigenvalue weighted by Crippen LogP contribution is 2.27. The Balaban J connectivity index is 2.10. The van der Waals surface area contributed by atoms with E-state index in [2.05, 4.69) is 64.2 Å². The second-order valence-electron chi connectivity index (χ2n) is 7.51. The lowest BCUT2D eigenvalue weighted by atomic mass is 9.90. The van der Waals surface area contributed by atoms with E-state index in [9.17, 15) is 0 Å². The van der Waals surface area contributed by atoms with E-state index in [1.54, 1.807) is 0 Å². The third-order valence-corrected chi connectivity index (χ3v) is 4.67. The molecular weight excluding hydrogens is 306 g/mol. The van der Waals surface area contributed by atoms with Crippen molar-refractivity contribution in [1.29, 1.82) is 0 Å². The van der Waals surface area contributed by atoms with Gasteiger partial charge in [-0.05, 0) is 48.1 Å². The van der Waals surface area contributed by atoms with Gasteiger partial charge in [-0.1, -0.05) is 71.4 Å². The van der Waals surface area contributed by atoms with E-state index in [1.807, 2.05) is 30.3 Å². The molecule has 1 unspecified atom stereocenters. The van der Waals surface area contributed by atoms with Crippen LogP contribution in [0.4, 0.5) is 0 Å². The third kappa shape index (κ3) is 5.89. The second kappa shape index (κ2) is 9.62. The van der Waals surface area contributed by atoms with Crippen LogP contribution >= 0.6 is 0 Å². The molecule has 0 heterocycles. The van der Waals surface area contributed by atoms with E-state index in [1.165, 1.54) is 12.0 Å². The summed E-state index contributed by atoms with van der Waals surface area (Å²) in [5, 5.41) is 3.90. The molecule has 0 aliphatic carbocycles. The van der Waals surface area contributed by atoms with Crippen LogP contribution in [-0.4, -0.2) is 6.04 Å². The number of hydrogen-bond donors (Lipinski definition) is 1. The average molecular weight is 340 g/mol. The highest BCUT2D eigenvalue weighted by molar-refractivity contribution is 5.34. The summed E-state index contributed by atoms with van der Waals surface area (Å²) >= 11 is 0. The van der Waals surface area contributed by atoms with Crippen molar-refractivity contribution in [2.24, 2.45) is 11.8 Å². The van der Waals surface area contributed by atoms with Crippen LogP contribution in [0.15, 0.2) is 54.6 Å². The maximum absolute atomic E-state index is 5.91. The molecule has 0 fully saturated rings. The fraction of sp³-hybridized carbons (Fsp3) is 0.478. The van der Waals surface area contributed by atoms with Gasteiger partial charge in [-0.25, -0.2) is 0 Å². The van der Waals surface area contributed by atoms with Crippen molar-refractivity contribution in [3.63, 3.8) is 0 Å². The smallest absolute Gasteiger partial charge is 0.127 e. The van der Waals surface area contributed by atoms with Crippen LogP contribution in [0.1, 0.15) is 59.1 Å². The summed E-state index contributed by atoms with van der Waals surface area (Å²) in [6.07, 6.45) is 2.32. The first-order valence-electron chi connectivity index (χ1n) is 9.60. The molecule has 1 N–H and O–H groups in total. The van der Waals surface area contributed by atoms with Gasteiger partial charge in [-0.2, -0.15) is 0 Å².